The second-order valence-electron chi connectivity index (χ2n) is 5.39. The van der Waals surface area contributed by atoms with Crippen LogP contribution in [0.2, 0.25) is 0 Å². The molecule has 1 N–H and O–H groups in total. The van der Waals surface area contributed by atoms with Crippen LogP contribution < -0.4 is 4.74 Å². The first-order chi connectivity index (χ1) is 11.2. The maximum Gasteiger partial charge on any atom is 0.146 e. The van der Waals surface area contributed by atoms with E-state index in [-0.39, 0.29) is 31.8 Å². The molecule has 130 valence electrons. The number of benzene rings is 1. The molecule has 1 aliphatic rings. The highest BCUT2D eigenvalue weighted by molar-refractivity contribution is 5.28. The number of nitrogens with zero attached hydrogens (tertiary/aromatic N) is 1. The Hall–Kier alpha value is -1.22. The van der Waals surface area contributed by atoms with Crippen LogP contribution in [0.15, 0.2) is 24.3 Å². The molecule has 2 rings (SSSR count). The van der Waals surface area contributed by atoms with Gasteiger partial charge in [-0.1, -0.05) is 12.1 Å². The zero-order chi connectivity index (χ0) is 16.7. The first kappa shape index (κ1) is 18.1. The molecule has 0 saturated carbocycles. The van der Waals surface area contributed by atoms with E-state index in [1.54, 1.807) is 21.3 Å². The van der Waals surface area contributed by atoms with Gasteiger partial charge >= 0.3 is 0 Å². The van der Waals surface area contributed by atoms with Gasteiger partial charge in [-0.3, -0.25) is 0 Å². The van der Waals surface area contributed by atoms with Gasteiger partial charge in [-0.15, -0.1) is 0 Å². The summed E-state index contributed by atoms with van der Waals surface area (Å²) in [4.78, 5) is 0. The number of hydrogen-bond donors (Lipinski definition) is 1. The summed E-state index contributed by atoms with van der Waals surface area (Å²) in [6.45, 7) is 0.656. The van der Waals surface area contributed by atoms with E-state index in [2.05, 4.69) is 0 Å². The smallest absolute Gasteiger partial charge is 0.146 e. The lowest BCUT2D eigenvalue weighted by Crippen LogP contribution is -2.39. The Balaban J connectivity index is 2.05. The molecule has 0 radical (unpaired) electrons. The van der Waals surface area contributed by atoms with Gasteiger partial charge in [0.25, 0.3) is 0 Å². The SMILES string of the molecule is COCO[C@@H]1[C@@H](OCOC)CN(O)[C@H]1Cc1ccc(OC)cc1. The van der Waals surface area contributed by atoms with Crippen LogP contribution in [0.1, 0.15) is 5.56 Å². The van der Waals surface area contributed by atoms with Crippen LogP contribution in [0.3, 0.4) is 0 Å². The number of hydroxylamine groups is 2. The highest BCUT2D eigenvalue weighted by Gasteiger charge is 2.43. The monoisotopic (exact) mass is 327 g/mol. The summed E-state index contributed by atoms with van der Waals surface area (Å²) < 4.78 is 26.4. The average Bonchev–Trinajstić information content (AvgIpc) is 2.87. The molecule has 1 aliphatic heterocycles. The minimum absolute atomic E-state index is 0.143. The van der Waals surface area contributed by atoms with Crippen LogP contribution in [-0.2, 0) is 25.4 Å². The summed E-state index contributed by atoms with van der Waals surface area (Å²) in [6.07, 6.45) is 0.0393. The largest absolute Gasteiger partial charge is 0.497 e. The van der Waals surface area contributed by atoms with Crippen molar-refractivity contribution in [3.8, 4) is 5.75 Å². The molecule has 0 amide bonds. The lowest BCUT2D eigenvalue weighted by molar-refractivity contribution is -0.152. The van der Waals surface area contributed by atoms with E-state index in [0.29, 0.717) is 13.0 Å². The van der Waals surface area contributed by atoms with Crippen molar-refractivity contribution in [3.63, 3.8) is 0 Å². The Morgan fingerprint density at radius 3 is 2.30 bits per heavy atom. The molecule has 1 heterocycles. The standard InChI is InChI=1S/C16H25NO6/c1-19-10-22-15-9-17(18)14(16(15)23-11-20-2)8-12-4-6-13(21-3)7-5-12/h4-7,14-16,18H,8-11H2,1-3H3/t14-,15-,16-/m0/s1. The molecule has 0 unspecified atom stereocenters. The van der Waals surface area contributed by atoms with Crippen LogP contribution in [-0.4, -0.2) is 70.0 Å². The molecule has 0 spiro atoms. The Morgan fingerprint density at radius 1 is 1.04 bits per heavy atom. The highest BCUT2D eigenvalue weighted by Crippen LogP contribution is 2.26. The maximum atomic E-state index is 10.3. The lowest BCUT2D eigenvalue weighted by atomic mass is 10.0. The molecule has 1 aromatic rings. The Labute approximate surface area is 136 Å². The maximum absolute atomic E-state index is 10.3. The summed E-state index contributed by atoms with van der Waals surface area (Å²) >= 11 is 0. The molecule has 1 saturated heterocycles. The van der Waals surface area contributed by atoms with Gasteiger partial charge in [-0.05, 0) is 24.1 Å². The van der Waals surface area contributed by atoms with Gasteiger partial charge in [0.15, 0.2) is 0 Å². The predicted octanol–water partition coefficient (Wildman–Crippen LogP) is 1.29. The van der Waals surface area contributed by atoms with E-state index in [4.69, 9.17) is 23.7 Å². The van der Waals surface area contributed by atoms with Crippen LogP contribution in [0, 0.1) is 0 Å². The summed E-state index contributed by atoms with van der Waals surface area (Å²) in [5, 5.41) is 11.5. The van der Waals surface area contributed by atoms with Crippen LogP contribution >= 0.6 is 0 Å². The Kier molecular flexibility index (Phi) is 7.22. The van der Waals surface area contributed by atoms with E-state index in [1.165, 1.54) is 5.06 Å². The van der Waals surface area contributed by atoms with Crippen molar-refractivity contribution in [2.24, 2.45) is 0 Å². The molecule has 3 atom stereocenters. The van der Waals surface area contributed by atoms with E-state index in [9.17, 15) is 5.21 Å². The molecule has 0 bridgehead atoms. The molecule has 1 fully saturated rings. The van der Waals surface area contributed by atoms with Gasteiger partial charge in [0.1, 0.15) is 31.5 Å². The van der Waals surface area contributed by atoms with Gasteiger partial charge in [0.05, 0.1) is 19.7 Å². The third-order valence-electron chi connectivity index (χ3n) is 3.88. The van der Waals surface area contributed by atoms with Crippen molar-refractivity contribution in [1.82, 2.24) is 5.06 Å². The number of methoxy groups -OCH3 is 3. The molecular formula is C16H25NO6. The van der Waals surface area contributed by atoms with Crippen molar-refractivity contribution >= 4 is 0 Å². The highest BCUT2D eigenvalue weighted by atomic mass is 16.7. The van der Waals surface area contributed by atoms with Gasteiger partial charge in [0.2, 0.25) is 0 Å². The quantitative estimate of drug-likeness (QED) is 0.685. The number of rotatable bonds is 9. The van der Waals surface area contributed by atoms with Crippen molar-refractivity contribution in [2.75, 3.05) is 41.5 Å². The fourth-order valence-electron chi connectivity index (χ4n) is 2.73. The lowest BCUT2D eigenvalue weighted by Gasteiger charge is -2.25. The molecule has 0 aromatic heterocycles. The van der Waals surface area contributed by atoms with Crippen LogP contribution in [0.5, 0.6) is 5.75 Å². The average molecular weight is 327 g/mol. The topological polar surface area (TPSA) is 69.6 Å². The molecule has 7 heteroatoms. The molecule has 23 heavy (non-hydrogen) atoms. The third kappa shape index (κ3) is 4.87. The van der Waals surface area contributed by atoms with Crippen LogP contribution in [0.4, 0.5) is 0 Å². The molecule has 0 aliphatic carbocycles. The zero-order valence-corrected chi connectivity index (χ0v) is 13.8. The van der Waals surface area contributed by atoms with E-state index in [0.717, 1.165) is 11.3 Å². The summed E-state index contributed by atoms with van der Waals surface area (Å²) in [5.74, 6) is 0.800. The second kappa shape index (κ2) is 9.17. The molecule has 7 nitrogen and oxygen atoms in total. The van der Waals surface area contributed by atoms with Crippen molar-refractivity contribution in [1.29, 1.82) is 0 Å². The van der Waals surface area contributed by atoms with Crippen molar-refractivity contribution in [2.45, 2.75) is 24.7 Å². The predicted molar refractivity (Wildman–Crippen MR) is 82.5 cm³/mol. The fourth-order valence-corrected chi connectivity index (χ4v) is 2.73. The zero-order valence-electron chi connectivity index (χ0n) is 13.8. The first-order valence-corrected chi connectivity index (χ1v) is 7.49. The second-order valence-corrected chi connectivity index (χ2v) is 5.39. The van der Waals surface area contributed by atoms with E-state index < -0.39 is 0 Å². The number of hydrogen-bond acceptors (Lipinski definition) is 7. The van der Waals surface area contributed by atoms with Crippen molar-refractivity contribution < 1.29 is 28.9 Å². The van der Waals surface area contributed by atoms with Crippen LogP contribution in [0.25, 0.3) is 0 Å². The van der Waals surface area contributed by atoms with Gasteiger partial charge < -0.3 is 28.9 Å². The molecule has 1 aromatic carbocycles. The van der Waals surface area contributed by atoms with E-state index >= 15 is 0 Å². The van der Waals surface area contributed by atoms with E-state index in [1.807, 2.05) is 24.3 Å². The number of ether oxygens (including phenoxy) is 5. The van der Waals surface area contributed by atoms with Crippen molar-refractivity contribution in [3.05, 3.63) is 29.8 Å². The van der Waals surface area contributed by atoms with Gasteiger partial charge in [-0.2, -0.15) is 5.06 Å². The Bertz CT molecular complexity index is 454. The minimum Gasteiger partial charge on any atom is -0.497 e. The summed E-state index contributed by atoms with van der Waals surface area (Å²) in [5.41, 5.74) is 1.08. The molecular weight excluding hydrogens is 302 g/mol. The van der Waals surface area contributed by atoms with Gasteiger partial charge in [0, 0.05) is 14.2 Å². The summed E-state index contributed by atoms with van der Waals surface area (Å²) in [6, 6.07) is 7.53. The summed E-state index contributed by atoms with van der Waals surface area (Å²) in [7, 11) is 4.76. The minimum atomic E-state index is -0.308. The normalized spacial score (nSPS) is 25.0. The first-order valence-electron chi connectivity index (χ1n) is 7.49. The van der Waals surface area contributed by atoms with Gasteiger partial charge in [-0.25, -0.2) is 0 Å². The fraction of sp³-hybridized carbons (Fsp3) is 0.625. The third-order valence-corrected chi connectivity index (χ3v) is 3.88. The Morgan fingerprint density at radius 2 is 1.70 bits per heavy atom.